The zero-order chi connectivity index (χ0) is 14.0. The van der Waals surface area contributed by atoms with Crippen molar-refractivity contribution < 1.29 is 0 Å². The van der Waals surface area contributed by atoms with Gasteiger partial charge < -0.3 is 5.32 Å². The van der Waals surface area contributed by atoms with E-state index >= 15 is 0 Å². The van der Waals surface area contributed by atoms with Crippen LogP contribution in [-0.4, -0.2) is 19.6 Å². The molecule has 6 heteroatoms. The van der Waals surface area contributed by atoms with Crippen LogP contribution in [0.25, 0.3) is 0 Å². The summed E-state index contributed by atoms with van der Waals surface area (Å²) in [5.41, 5.74) is 3.62. The van der Waals surface area contributed by atoms with Gasteiger partial charge in [0.15, 0.2) is 5.82 Å². The van der Waals surface area contributed by atoms with E-state index in [1.807, 2.05) is 15.6 Å². The minimum Gasteiger partial charge on any atom is -0.363 e. The van der Waals surface area contributed by atoms with E-state index in [-0.39, 0.29) is 12.4 Å². The minimum atomic E-state index is 0. The second-order valence-electron chi connectivity index (χ2n) is 5.18. The average molecular weight is 298 g/mol. The minimum absolute atomic E-state index is 0. The monoisotopic (exact) mass is 297 g/mol. The Bertz CT molecular complexity index is 556. The van der Waals surface area contributed by atoms with E-state index in [0.29, 0.717) is 6.04 Å². The highest BCUT2D eigenvalue weighted by Gasteiger charge is 2.10. The van der Waals surface area contributed by atoms with Crippen LogP contribution in [-0.2, 0) is 13.1 Å². The van der Waals surface area contributed by atoms with Crippen molar-refractivity contribution in [1.29, 1.82) is 0 Å². The van der Waals surface area contributed by atoms with E-state index in [0.717, 1.165) is 18.9 Å². The number of rotatable bonds is 5. The zero-order valence-corrected chi connectivity index (χ0v) is 13.7. The molecule has 5 nitrogen and oxygen atoms in total. The second kappa shape index (κ2) is 6.79. The average Bonchev–Trinajstić information content (AvgIpc) is 2.90. The molecule has 2 aromatic heterocycles. The quantitative estimate of drug-likeness (QED) is 0.921. The highest BCUT2D eigenvalue weighted by atomic mass is 35.5. The second-order valence-corrected chi connectivity index (χ2v) is 5.18. The Kier molecular flexibility index (Phi) is 5.62. The van der Waals surface area contributed by atoms with Crippen LogP contribution < -0.4 is 5.32 Å². The van der Waals surface area contributed by atoms with Gasteiger partial charge >= 0.3 is 0 Å². The summed E-state index contributed by atoms with van der Waals surface area (Å²) in [7, 11) is 0. The molecule has 0 aliphatic carbocycles. The Morgan fingerprint density at radius 2 is 1.95 bits per heavy atom. The lowest BCUT2D eigenvalue weighted by Gasteiger charge is -2.08. The van der Waals surface area contributed by atoms with E-state index in [1.54, 1.807) is 0 Å². The van der Waals surface area contributed by atoms with Crippen molar-refractivity contribution in [2.75, 3.05) is 5.32 Å². The molecule has 0 bridgehead atoms. The van der Waals surface area contributed by atoms with Gasteiger partial charge in [0, 0.05) is 24.3 Å². The van der Waals surface area contributed by atoms with E-state index in [1.165, 1.54) is 16.8 Å². The van der Waals surface area contributed by atoms with Gasteiger partial charge in [-0.25, -0.2) is 0 Å². The largest absolute Gasteiger partial charge is 0.363 e. The number of aromatic nitrogens is 4. The standard InChI is InChI=1S/C14H23N5.ClH/c1-6-18-13(11(4)7-16-18)8-15-14-12(5)9-19(17-14)10(2)3;/h7,9-10H,6,8H2,1-5H3,(H,15,17);1H. The van der Waals surface area contributed by atoms with Crippen LogP contribution in [0.3, 0.4) is 0 Å². The number of nitrogens with zero attached hydrogens (tertiary/aromatic N) is 4. The molecule has 0 radical (unpaired) electrons. The summed E-state index contributed by atoms with van der Waals surface area (Å²) in [6, 6.07) is 0.386. The third kappa shape index (κ3) is 3.33. The van der Waals surface area contributed by atoms with Gasteiger partial charge in [-0.3, -0.25) is 9.36 Å². The zero-order valence-electron chi connectivity index (χ0n) is 12.8. The molecule has 0 unspecified atom stereocenters. The molecule has 0 aliphatic heterocycles. The number of halogens is 1. The van der Waals surface area contributed by atoms with Gasteiger partial charge in [0.1, 0.15) is 0 Å². The Morgan fingerprint density at radius 1 is 1.25 bits per heavy atom. The van der Waals surface area contributed by atoms with Gasteiger partial charge in [0.05, 0.1) is 18.4 Å². The third-order valence-electron chi connectivity index (χ3n) is 3.32. The first kappa shape index (κ1) is 16.6. The van der Waals surface area contributed by atoms with E-state index < -0.39 is 0 Å². The Balaban J connectivity index is 0.00000200. The maximum absolute atomic E-state index is 4.57. The number of anilines is 1. The molecule has 0 amide bonds. The highest BCUT2D eigenvalue weighted by Crippen LogP contribution is 2.17. The number of aryl methyl sites for hydroxylation is 3. The summed E-state index contributed by atoms with van der Waals surface area (Å²) < 4.78 is 4.01. The summed E-state index contributed by atoms with van der Waals surface area (Å²) >= 11 is 0. The summed E-state index contributed by atoms with van der Waals surface area (Å²) in [5.74, 6) is 0.956. The summed E-state index contributed by atoms with van der Waals surface area (Å²) in [6.07, 6.45) is 4.00. The van der Waals surface area contributed by atoms with Crippen LogP contribution in [0.1, 0.15) is 43.6 Å². The molecule has 0 saturated heterocycles. The highest BCUT2D eigenvalue weighted by molar-refractivity contribution is 5.85. The van der Waals surface area contributed by atoms with Crippen LogP contribution in [0.4, 0.5) is 5.82 Å². The first-order valence-electron chi connectivity index (χ1n) is 6.83. The normalized spacial score (nSPS) is 10.7. The summed E-state index contributed by atoms with van der Waals surface area (Å²) in [5, 5.41) is 12.3. The van der Waals surface area contributed by atoms with Gasteiger partial charge in [-0.05, 0) is 40.2 Å². The molecule has 112 valence electrons. The van der Waals surface area contributed by atoms with E-state index in [9.17, 15) is 0 Å². The van der Waals surface area contributed by atoms with Crippen molar-refractivity contribution in [3.8, 4) is 0 Å². The first-order valence-corrected chi connectivity index (χ1v) is 6.83. The Hall–Kier alpha value is -1.49. The Morgan fingerprint density at radius 3 is 2.50 bits per heavy atom. The molecule has 20 heavy (non-hydrogen) atoms. The molecular formula is C14H24ClN5. The van der Waals surface area contributed by atoms with Crippen molar-refractivity contribution in [3.63, 3.8) is 0 Å². The van der Waals surface area contributed by atoms with Crippen molar-refractivity contribution in [2.45, 2.75) is 53.8 Å². The number of hydrogen-bond donors (Lipinski definition) is 1. The predicted octanol–water partition coefficient (Wildman–Crippen LogP) is 3.33. The smallest absolute Gasteiger partial charge is 0.151 e. The molecule has 0 fully saturated rings. The lowest BCUT2D eigenvalue weighted by atomic mass is 10.2. The van der Waals surface area contributed by atoms with Crippen LogP contribution in [0, 0.1) is 13.8 Å². The van der Waals surface area contributed by atoms with E-state index in [4.69, 9.17) is 0 Å². The molecule has 0 aromatic carbocycles. The maximum atomic E-state index is 4.57. The van der Waals surface area contributed by atoms with Gasteiger partial charge in [-0.2, -0.15) is 10.2 Å². The van der Waals surface area contributed by atoms with Gasteiger partial charge in [-0.15, -0.1) is 12.4 Å². The van der Waals surface area contributed by atoms with Gasteiger partial charge in [-0.1, -0.05) is 0 Å². The maximum Gasteiger partial charge on any atom is 0.151 e. The van der Waals surface area contributed by atoms with Crippen LogP contribution in [0.5, 0.6) is 0 Å². The molecule has 2 rings (SSSR count). The molecule has 0 aliphatic rings. The first-order chi connectivity index (χ1) is 9.02. The fraction of sp³-hybridized carbons (Fsp3) is 0.571. The topological polar surface area (TPSA) is 47.7 Å². The molecule has 2 heterocycles. The predicted molar refractivity (Wildman–Crippen MR) is 84.6 cm³/mol. The van der Waals surface area contributed by atoms with Crippen molar-refractivity contribution >= 4 is 18.2 Å². The number of hydrogen-bond acceptors (Lipinski definition) is 3. The molecule has 0 saturated carbocycles. The van der Waals surface area contributed by atoms with Crippen LogP contribution in [0.2, 0.25) is 0 Å². The summed E-state index contributed by atoms with van der Waals surface area (Å²) in [4.78, 5) is 0. The lowest BCUT2D eigenvalue weighted by Crippen LogP contribution is -2.10. The molecular weight excluding hydrogens is 274 g/mol. The number of nitrogens with one attached hydrogen (secondary N) is 1. The van der Waals surface area contributed by atoms with E-state index in [2.05, 4.69) is 56.3 Å². The van der Waals surface area contributed by atoms with Crippen LogP contribution >= 0.6 is 12.4 Å². The lowest BCUT2D eigenvalue weighted by molar-refractivity contribution is 0.533. The molecule has 1 N–H and O–H groups in total. The third-order valence-corrected chi connectivity index (χ3v) is 3.32. The molecule has 0 spiro atoms. The SMILES string of the molecule is CCn1ncc(C)c1CNc1nn(C(C)C)cc1C.Cl. The van der Waals surface area contributed by atoms with Crippen molar-refractivity contribution in [1.82, 2.24) is 19.6 Å². The molecule has 2 aromatic rings. The van der Waals surface area contributed by atoms with Crippen molar-refractivity contribution in [3.05, 3.63) is 29.2 Å². The van der Waals surface area contributed by atoms with Crippen molar-refractivity contribution in [2.24, 2.45) is 0 Å². The fourth-order valence-electron chi connectivity index (χ4n) is 2.10. The molecule has 0 atom stereocenters. The summed E-state index contributed by atoms with van der Waals surface area (Å²) in [6.45, 7) is 12.2. The van der Waals surface area contributed by atoms with Gasteiger partial charge in [0.25, 0.3) is 0 Å². The van der Waals surface area contributed by atoms with Gasteiger partial charge in [0.2, 0.25) is 0 Å². The Labute approximate surface area is 126 Å². The fourth-order valence-corrected chi connectivity index (χ4v) is 2.10. The van der Waals surface area contributed by atoms with Crippen LogP contribution in [0.15, 0.2) is 12.4 Å².